The molecular weight excluding hydrogens is 176 g/mol. The Labute approximate surface area is 73.8 Å². The molecule has 0 spiro atoms. The first-order chi connectivity index (χ1) is 6.20. The number of rotatable bonds is 2. The average molecular weight is 183 g/mol. The molecule has 1 aromatic rings. The van der Waals surface area contributed by atoms with Gasteiger partial charge in [-0.05, 0) is 6.07 Å². The molecule has 3 nitrogen and oxygen atoms in total. The van der Waals surface area contributed by atoms with Crippen LogP contribution < -0.4 is 5.73 Å². The highest BCUT2D eigenvalue weighted by Crippen LogP contribution is 2.24. The van der Waals surface area contributed by atoms with Crippen LogP contribution in [0.1, 0.15) is 23.2 Å². The third-order valence-electron chi connectivity index (χ3n) is 1.60. The van der Waals surface area contributed by atoms with Gasteiger partial charge in [-0.15, -0.1) is 0 Å². The molecule has 1 rings (SSSR count). The zero-order chi connectivity index (χ0) is 9.84. The van der Waals surface area contributed by atoms with Crippen LogP contribution in [0.2, 0.25) is 0 Å². The van der Waals surface area contributed by atoms with E-state index in [1.165, 1.54) is 12.3 Å². The minimum Gasteiger partial charge on any atom is -0.325 e. The van der Waals surface area contributed by atoms with Crippen LogP contribution in [-0.4, -0.2) is 4.98 Å². The Kier molecular flexibility index (Phi) is 2.88. The molecule has 0 saturated carbocycles. The number of nitrogens with two attached hydrogens (primary N) is 1. The van der Waals surface area contributed by atoms with Gasteiger partial charge in [-0.1, -0.05) is 0 Å². The van der Waals surface area contributed by atoms with Gasteiger partial charge in [0.05, 0.1) is 22.9 Å². The molecule has 5 heteroatoms. The lowest BCUT2D eigenvalue weighted by Crippen LogP contribution is -2.06. The maximum absolute atomic E-state index is 12.4. The van der Waals surface area contributed by atoms with Crippen molar-refractivity contribution in [2.45, 2.75) is 13.0 Å². The monoisotopic (exact) mass is 183 g/mol. The Hall–Kier alpha value is -1.54. The Morgan fingerprint density at radius 3 is 2.77 bits per heavy atom. The lowest BCUT2D eigenvalue weighted by molar-refractivity contribution is 0.149. The molecule has 0 atom stereocenters. The van der Waals surface area contributed by atoms with E-state index in [0.29, 0.717) is 0 Å². The van der Waals surface area contributed by atoms with Crippen LogP contribution in [0.3, 0.4) is 0 Å². The highest BCUT2D eigenvalue weighted by Gasteiger charge is 2.17. The standard InChI is InChI=1S/C8H7F2N3/c9-8(10)7-5(3-11)1-2-13-6(7)4-12/h1-2,8H,4,12H2. The van der Waals surface area contributed by atoms with Gasteiger partial charge in [0.15, 0.2) is 0 Å². The van der Waals surface area contributed by atoms with Gasteiger partial charge in [0, 0.05) is 12.7 Å². The van der Waals surface area contributed by atoms with Crippen molar-refractivity contribution >= 4 is 0 Å². The second-order valence-electron chi connectivity index (χ2n) is 2.34. The van der Waals surface area contributed by atoms with Gasteiger partial charge in [0.2, 0.25) is 0 Å². The summed E-state index contributed by atoms with van der Waals surface area (Å²) in [5, 5.41) is 8.54. The maximum Gasteiger partial charge on any atom is 0.266 e. The fraction of sp³-hybridized carbons (Fsp3) is 0.250. The van der Waals surface area contributed by atoms with Crippen LogP contribution in [-0.2, 0) is 6.54 Å². The van der Waals surface area contributed by atoms with E-state index in [1.807, 2.05) is 0 Å². The van der Waals surface area contributed by atoms with Crippen molar-refractivity contribution in [1.29, 1.82) is 5.26 Å². The Balaban J connectivity index is 3.32. The SMILES string of the molecule is N#Cc1ccnc(CN)c1C(F)F. The summed E-state index contributed by atoms with van der Waals surface area (Å²) in [7, 11) is 0. The first-order valence-electron chi connectivity index (χ1n) is 3.56. The summed E-state index contributed by atoms with van der Waals surface area (Å²) < 4.78 is 24.8. The Morgan fingerprint density at radius 1 is 1.62 bits per heavy atom. The molecule has 0 fully saturated rings. The predicted molar refractivity (Wildman–Crippen MR) is 41.8 cm³/mol. The average Bonchev–Trinajstić information content (AvgIpc) is 2.16. The van der Waals surface area contributed by atoms with E-state index in [9.17, 15) is 8.78 Å². The van der Waals surface area contributed by atoms with E-state index in [2.05, 4.69) is 4.98 Å². The highest BCUT2D eigenvalue weighted by atomic mass is 19.3. The van der Waals surface area contributed by atoms with Crippen molar-refractivity contribution in [1.82, 2.24) is 4.98 Å². The third kappa shape index (κ3) is 1.79. The van der Waals surface area contributed by atoms with Crippen molar-refractivity contribution in [3.63, 3.8) is 0 Å². The number of nitriles is 1. The second kappa shape index (κ2) is 3.92. The van der Waals surface area contributed by atoms with Crippen LogP contribution >= 0.6 is 0 Å². The molecule has 1 heterocycles. The zero-order valence-electron chi connectivity index (χ0n) is 6.67. The van der Waals surface area contributed by atoms with Crippen molar-refractivity contribution < 1.29 is 8.78 Å². The number of hydrogen-bond acceptors (Lipinski definition) is 3. The topological polar surface area (TPSA) is 62.7 Å². The number of pyridine rings is 1. The van der Waals surface area contributed by atoms with Gasteiger partial charge >= 0.3 is 0 Å². The molecule has 0 bridgehead atoms. The van der Waals surface area contributed by atoms with Crippen molar-refractivity contribution in [3.8, 4) is 6.07 Å². The zero-order valence-corrected chi connectivity index (χ0v) is 6.67. The molecule has 1 aromatic heterocycles. The molecule has 0 aliphatic heterocycles. The molecule has 0 aliphatic carbocycles. The summed E-state index contributed by atoms with van der Waals surface area (Å²) in [6.07, 6.45) is -1.41. The summed E-state index contributed by atoms with van der Waals surface area (Å²) in [4.78, 5) is 3.67. The van der Waals surface area contributed by atoms with E-state index in [-0.39, 0.29) is 23.4 Å². The van der Waals surface area contributed by atoms with Gasteiger partial charge < -0.3 is 5.73 Å². The van der Waals surface area contributed by atoms with E-state index in [1.54, 1.807) is 6.07 Å². The van der Waals surface area contributed by atoms with Gasteiger partial charge in [0.1, 0.15) is 0 Å². The minimum atomic E-state index is -2.71. The first kappa shape index (κ1) is 9.55. The van der Waals surface area contributed by atoms with E-state index in [4.69, 9.17) is 11.0 Å². The molecule has 0 saturated heterocycles. The van der Waals surface area contributed by atoms with Crippen LogP contribution in [0.25, 0.3) is 0 Å². The van der Waals surface area contributed by atoms with Crippen LogP contribution in [0, 0.1) is 11.3 Å². The van der Waals surface area contributed by atoms with E-state index < -0.39 is 6.43 Å². The molecule has 0 aliphatic rings. The van der Waals surface area contributed by atoms with Crippen molar-refractivity contribution in [3.05, 3.63) is 29.1 Å². The quantitative estimate of drug-likeness (QED) is 0.752. The maximum atomic E-state index is 12.4. The Bertz CT molecular complexity index is 344. The summed E-state index contributed by atoms with van der Waals surface area (Å²) in [6.45, 7) is -0.0881. The number of halogens is 2. The van der Waals surface area contributed by atoms with Crippen LogP contribution in [0.4, 0.5) is 8.78 Å². The number of aromatic nitrogens is 1. The molecule has 2 N–H and O–H groups in total. The lowest BCUT2D eigenvalue weighted by atomic mass is 10.1. The first-order valence-corrected chi connectivity index (χ1v) is 3.56. The summed E-state index contributed by atoms with van der Waals surface area (Å²) in [5.74, 6) is 0. The molecule has 0 unspecified atom stereocenters. The molecule has 0 amide bonds. The summed E-state index contributed by atoms with van der Waals surface area (Å²) >= 11 is 0. The minimum absolute atomic E-state index is 0.0644. The van der Waals surface area contributed by atoms with Crippen molar-refractivity contribution in [2.75, 3.05) is 0 Å². The van der Waals surface area contributed by atoms with Gasteiger partial charge in [-0.2, -0.15) is 5.26 Å². The normalized spacial score (nSPS) is 10.1. The molecular formula is C8H7F2N3. The van der Waals surface area contributed by atoms with E-state index >= 15 is 0 Å². The highest BCUT2D eigenvalue weighted by molar-refractivity contribution is 5.40. The largest absolute Gasteiger partial charge is 0.325 e. The molecule has 13 heavy (non-hydrogen) atoms. The van der Waals surface area contributed by atoms with Gasteiger partial charge in [0.25, 0.3) is 6.43 Å². The van der Waals surface area contributed by atoms with Crippen LogP contribution in [0.5, 0.6) is 0 Å². The lowest BCUT2D eigenvalue weighted by Gasteiger charge is -2.06. The number of nitrogens with zero attached hydrogens (tertiary/aromatic N) is 2. The predicted octanol–water partition coefficient (Wildman–Crippen LogP) is 1.35. The van der Waals surface area contributed by atoms with E-state index in [0.717, 1.165) is 0 Å². The fourth-order valence-electron chi connectivity index (χ4n) is 1.02. The molecule has 68 valence electrons. The fourth-order valence-corrected chi connectivity index (χ4v) is 1.02. The summed E-state index contributed by atoms with van der Waals surface area (Å²) in [6, 6.07) is 2.93. The number of alkyl halides is 2. The van der Waals surface area contributed by atoms with Gasteiger partial charge in [-0.3, -0.25) is 4.98 Å². The van der Waals surface area contributed by atoms with Crippen molar-refractivity contribution in [2.24, 2.45) is 5.73 Å². The van der Waals surface area contributed by atoms with Crippen LogP contribution in [0.15, 0.2) is 12.3 Å². The number of hydrogen-bond donors (Lipinski definition) is 1. The summed E-state index contributed by atoms with van der Waals surface area (Å²) in [5.41, 5.74) is 4.87. The third-order valence-corrected chi connectivity index (χ3v) is 1.60. The smallest absolute Gasteiger partial charge is 0.266 e. The second-order valence-corrected chi connectivity index (χ2v) is 2.34. The van der Waals surface area contributed by atoms with Gasteiger partial charge in [-0.25, -0.2) is 8.78 Å². The molecule has 0 radical (unpaired) electrons. The molecule has 0 aromatic carbocycles. The Morgan fingerprint density at radius 2 is 2.31 bits per heavy atom.